The first-order valence-electron chi connectivity index (χ1n) is 7.58. The minimum absolute atomic E-state index is 0.142. The van der Waals surface area contributed by atoms with Gasteiger partial charge in [-0.25, -0.2) is 0 Å². The molecule has 0 aromatic heterocycles. The van der Waals surface area contributed by atoms with Crippen LogP contribution in [0, 0.1) is 5.92 Å². The Balaban J connectivity index is 1.66. The van der Waals surface area contributed by atoms with Gasteiger partial charge in [-0.3, -0.25) is 0 Å². The highest BCUT2D eigenvalue weighted by Gasteiger charge is 2.25. The van der Waals surface area contributed by atoms with E-state index < -0.39 is 0 Å². The molecule has 0 bridgehead atoms. The lowest BCUT2D eigenvalue weighted by molar-refractivity contribution is 0.0971. The highest BCUT2D eigenvalue weighted by Crippen LogP contribution is 2.28. The second kappa shape index (κ2) is 6.04. The second-order valence-corrected chi connectivity index (χ2v) is 7.06. The Morgan fingerprint density at radius 1 is 1.35 bits per heavy atom. The normalized spacial score (nSPS) is 26.9. The van der Waals surface area contributed by atoms with E-state index in [-0.39, 0.29) is 6.10 Å². The fourth-order valence-electron chi connectivity index (χ4n) is 2.79. The number of halogens is 1. The molecule has 1 heterocycles. The van der Waals surface area contributed by atoms with E-state index in [2.05, 4.69) is 51.3 Å². The molecule has 3 nitrogen and oxygen atoms in total. The molecule has 2 fully saturated rings. The summed E-state index contributed by atoms with van der Waals surface area (Å²) >= 11 is 3.70. The number of nitrogens with one attached hydrogen (secondary N) is 1. The summed E-state index contributed by atoms with van der Waals surface area (Å²) in [7, 11) is 0. The van der Waals surface area contributed by atoms with Crippen LogP contribution in [-0.2, 0) is 6.54 Å². The Morgan fingerprint density at radius 2 is 2.15 bits per heavy atom. The van der Waals surface area contributed by atoms with Crippen molar-refractivity contribution in [3.05, 3.63) is 28.2 Å². The van der Waals surface area contributed by atoms with Crippen LogP contribution >= 0.6 is 15.9 Å². The van der Waals surface area contributed by atoms with Crippen LogP contribution in [0.3, 0.4) is 0 Å². The summed E-state index contributed by atoms with van der Waals surface area (Å²) in [6.45, 7) is 4.95. The van der Waals surface area contributed by atoms with Crippen LogP contribution in [0.25, 0.3) is 0 Å². The molecule has 2 N–H and O–H groups in total. The summed E-state index contributed by atoms with van der Waals surface area (Å²) in [5.41, 5.74) is 2.58. The van der Waals surface area contributed by atoms with Crippen molar-refractivity contribution < 1.29 is 5.11 Å². The summed E-state index contributed by atoms with van der Waals surface area (Å²) < 4.78 is 1.18. The van der Waals surface area contributed by atoms with Crippen LogP contribution in [0.15, 0.2) is 22.7 Å². The standard InChI is InChI=1S/C16H23BrN2O/c1-11-10-19(7-6-16(11)20)14-5-2-12(15(17)8-14)9-18-13-3-4-13/h2,5,8,11,13,16,18,20H,3-4,6-7,9-10H2,1H3. The van der Waals surface area contributed by atoms with Crippen molar-refractivity contribution in [3.8, 4) is 0 Å². The third-order valence-corrected chi connectivity index (χ3v) is 5.16. The summed E-state index contributed by atoms with van der Waals surface area (Å²) in [6.07, 6.45) is 3.37. The maximum absolute atomic E-state index is 9.82. The lowest BCUT2D eigenvalue weighted by Crippen LogP contribution is -2.41. The Morgan fingerprint density at radius 3 is 2.80 bits per heavy atom. The molecular weight excluding hydrogens is 316 g/mol. The quantitative estimate of drug-likeness (QED) is 0.885. The molecule has 0 spiro atoms. The number of benzene rings is 1. The summed E-state index contributed by atoms with van der Waals surface area (Å²) in [5, 5.41) is 13.4. The minimum Gasteiger partial charge on any atom is -0.393 e. The highest BCUT2D eigenvalue weighted by atomic mass is 79.9. The molecule has 1 aromatic rings. The molecule has 1 saturated carbocycles. The molecule has 1 aromatic carbocycles. The van der Waals surface area contributed by atoms with E-state index in [9.17, 15) is 5.11 Å². The summed E-state index contributed by atoms with van der Waals surface area (Å²) in [4.78, 5) is 2.38. The van der Waals surface area contributed by atoms with Crippen LogP contribution in [0.4, 0.5) is 5.69 Å². The van der Waals surface area contributed by atoms with E-state index in [1.54, 1.807) is 0 Å². The average Bonchev–Trinajstić information content (AvgIpc) is 3.24. The van der Waals surface area contributed by atoms with E-state index in [0.717, 1.165) is 32.1 Å². The van der Waals surface area contributed by atoms with E-state index in [0.29, 0.717) is 5.92 Å². The maximum atomic E-state index is 9.82. The Bertz CT molecular complexity index is 476. The van der Waals surface area contributed by atoms with Gasteiger partial charge in [-0.05, 0) is 42.9 Å². The van der Waals surface area contributed by atoms with E-state index in [4.69, 9.17) is 0 Å². The van der Waals surface area contributed by atoms with E-state index in [1.807, 2.05) is 0 Å². The molecule has 1 aliphatic heterocycles. The Kier molecular flexibility index (Phi) is 4.34. The molecule has 0 amide bonds. The van der Waals surface area contributed by atoms with Gasteiger partial charge >= 0.3 is 0 Å². The number of anilines is 1. The molecule has 1 aliphatic carbocycles. The van der Waals surface area contributed by atoms with Crippen LogP contribution in [-0.4, -0.2) is 30.3 Å². The number of nitrogens with zero attached hydrogens (tertiary/aromatic N) is 1. The molecule has 0 radical (unpaired) electrons. The van der Waals surface area contributed by atoms with Crippen LogP contribution < -0.4 is 10.2 Å². The van der Waals surface area contributed by atoms with Crippen molar-refractivity contribution in [1.82, 2.24) is 5.32 Å². The van der Waals surface area contributed by atoms with Crippen molar-refractivity contribution in [2.24, 2.45) is 5.92 Å². The second-order valence-electron chi connectivity index (χ2n) is 6.21. The first-order chi connectivity index (χ1) is 9.63. The molecule has 1 saturated heterocycles. The largest absolute Gasteiger partial charge is 0.393 e. The minimum atomic E-state index is -0.142. The van der Waals surface area contributed by atoms with Gasteiger partial charge in [-0.1, -0.05) is 28.9 Å². The zero-order chi connectivity index (χ0) is 14.1. The van der Waals surface area contributed by atoms with Gasteiger partial charge in [0.25, 0.3) is 0 Å². The molecule has 2 aliphatic rings. The smallest absolute Gasteiger partial charge is 0.0599 e. The van der Waals surface area contributed by atoms with Crippen molar-refractivity contribution in [2.45, 2.75) is 44.9 Å². The SMILES string of the molecule is CC1CN(c2ccc(CNC3CC3)c(Br)c2)CCC1O. The van der Waals surface area contributed by atoms with Gasteiger partial charge in [0.2, 0.25) is 0 Å². The van der Waals surface area contributed by atoms with Crippen LogP contribution in [0.1, 0.15) is 31.7 Å². The molecule has 4 heteroatoms. The lowest BCUT2D eigenvalue weighted by Gasteiger charge is -2.36. The predicted octanol–water partition coefficient (Wildman–Crippen LogP) is 2.91. The van der Waals surface area contributed by atoms with Gasteiger partial charge in [0.1, 0.15) is 0 Å². The number of aliphatic hydroxyl groups excluding tert-OH is 1. The van der Waals surface area contributed by atoms with Gasteiger partial charge in [0, 0.05) is 35.8 Å². The summed E-state index contributed by atoms with van der Waals surface area (Å²) in [6, 6.07) is 7.38. The highest BCUT2D eigenvalue weighted by molar-refractivity contribution is 9.10. The monoisotopic (exact) mass is 338 g/mol. The first kappa shape index (κ1) is 14.4. The van der Waals surface area contributed by atoms with Gasteiger partial charge in [0.05, 0.1) is 6.10 Å². The maximum Gasteiger partial charge on any atom is 0.0599 e. The molecular formula is C16H23BrN2O. The van der Waals surface area contributed by atoms with E-state index >= 15 is 0 Å². The van der Waals surface area contributed by atoms with Crippen molar-refractivity contribution in [1.29, 1.82) is 0 Å². The number of aliphatic hydroxyl groups is 1. The lowest BCUT2D eigenvalue weighted by atomic mass is 9.96. The number of piperidine rings is 1. The zero-order valence-corrected chi connectivity index (χ0v) is 13.6. The van der Waals surface area contributed by atoms with Gasteiger partial charge in [0.15, 0.2) is 0 Å². The zero-order valence-electron chi connectivity index (χ0n) is 12.0. The third-order valence-electron chi connectivity index (χ3n) is 4.42. The first-order valence-corrected chi connectivity index (χ1v) is 8.37. The van der Waals surface area contributed by atoms with Gasteiger partial charge in [-0.2, -0.15) is 0 Å². The summed E-state index contributed by atoms with van der Waals surface area (Å²) in [5.74, 6) is 0.346. The number of hydrogen-bond donors (Lipinski definition) is 2. The fraction of sp³-hybridized carbons (Fsp3) is 0.625. The molecule has 20 heavy (non-hydrogen) atoms. The van der Waals surface area contributed by atoms with E-state index in [1.165, 1.54) is 28.6 Å². The van der Waals surface area contributed by atoms with Crippen molar-refractivity contribution in [2.75, 3.05) is 18.0 Å². The average molecular weight is 339 g/mol. The Labute approximate surface area is 129 Å². The van der Waals surface area contributed by atoms with Crippen molar-refractivity contribution >= 4 is 21.6 Å². The molecule has 2 unspecified atom stereocenters. The van der Waals surface area contributed by atoms with Crippen molar-refractivity contribution in [3.63, 3.8) is 0 Å². The van der Waals surface area contributed by atoms with Gasteiger partial charge < -0.3 is 15.3 Å². The van der Waals surface area contributed by atoms with Crippen LogP contribution in [0.2, 0.25) is 0 Å². The molecule has 2 atom stereocenters. The predicted molar refractivity (Wildman–Crippen MR) is 86.0 cm³/mol. The fourth-order valence-corrected chi connectivity index (χ4v) is 3.29. The Hall–Kier alpha value is -0.580. The molecule has 110 valence electrons. The number of rotatable bonds is 4. The molecule has 3 rings (SSSR count). The topological polar surface area (TPSA) is 35.5 Å². The van der Waals surface area contributed by atoms with Crippen LogP contribution in [0.5, 0.6) is 0 Å². The third kappa shape index (κ3) is 3.35. The van der Waals surface area contributed by atoms with Gasteiger partial charge in [-0.15, -0.1) is 0 Å². The number of hydrogen-bond acceptors (Lipinski definition) is 3.